The Morgan fingerprint density at radius 2 is 1.28 bits per heavy atom. The van der Waals surface area contributed by atoms with Crippen LogP contribution in [0.2, 0.25) is 36.3 Å². The lowest BCUT2D eigenvalue weighted by Gasteiger charge is -2.42. The predicted molar refractivity (Wildman–Crippen MR) is 174 cm³/mol. The van der Waals surface area contributed by atoms with Gasteiger partial charge in [0.05, 0.1) is 18.8 Å². The van der Waals surface area contributed by atoms with Gasteiger partial charge in [0.2, 0.25) is 0 Å². The SMILES string of the molecule is CC(C)(C)OC(=O)N[C@@H](CO[Si](C)(C)C(C)(C)C)[C@@H](/C=C/CCCCCCCCCN)O[Si](C)(C)C(C)(C)C. The number of unbranched alkanes of at least 4 members (excludes halogenated alkanes) is 7. The number of rotatable bonds is 17. The highest BCUT2D eigenvalue weighted by atomic mass is 28.4. The fraction of sp³-hybridized carbons (Fsp3) is 0.903. The third kappa shape index (κ3) is 16.4. The van der Waals surface area contributed by atoms with Crippen molar-refractivity contribution >= 4 is 22.7 Å². The van der Waals surface area contributed by atoms with Crippen molar-refractivity contribution in [3.05, 3.63) is 12.2 Å². The first kappa shape index (κ1) is 38.3. The van der Waals surface area contributed by atoms with Crippen molar-refractivity contribution in [1.82, 2.24) is 5.32 Å². The van der Waals surface area contributed by atoms with E-state index in [0.29, 0.717) is 6.61 Å². The maximum absolute atomic E-state index is 12.9. The van der Waals surface area contributed by atoms with Gasteiger partial charge < -0.3 is 24.6 Å². The number of amides is 1. The Balaban J connectivity index is 5.74. The fourth-order valence-corrected chi connectivity index (χ4v) is 5.79. The zero-order valence-corrected chi connectivity index (χ0v) is 30.1. The van der Waals surface area contributed by atoms with Crippen LogP contribution in [0.15, 0.2) is 12.2 Å². The largest absolute Gasteiger partial charge is 0.444 e. The van der Waals surface area contributed by atoms with Crippen molar-refractivity contribution < 1.29 is 18.4 Å². The zero-order valence-electron chi connectivity index (χ0n) is 28.1. The summed E-state index contributed by atoms with van der Waals surface area (Å²) >= 11 is 0. The van der Waals surface area contributed by atoms with Crippen molar-refractivity contribution in [2.75, 3.05) is 13.2 Å². The van der Waals surface area contributed by atoms with Crippen LogP contribution in [0.5, 0.6) is 0 Å². The van der Waals surface area contributed by atoms with Gasteiger partial charge in [-0.25, -0.2) is 4.79 Å². The van der Waals surface area contributed by atoms with E-state index in [1.54, 1.807) is 0 Å². The van der Waals surface area contributed by atoms with E-state index in [0.717, 1.165) is 25.8 Å². The lowest BCUT2D eigenvalue weighted by atomic mass is 10.1. The van der Waals surface area contributed by atoms with Crippen LogP contribution in [0.3, 0.4) is 0 Å². The van der Waals surface area contributed by atoms with Crippen molar-refractivity contribution in [1.29, 1.82) is 0 Å². The summed E-state index contributed by atoms with van der Waals surface area (Å²) in [6, 6.07) is -0.345. The van der Waals surface area contributed by atoms with Gasteiger partial charge in [-0.1, -0.05) is 85.8 Å². The van der Waals surface area contributed by atoms with E-state index >= 15 is 0 Å². The quantitative estimate of drug-likeness (QED) is 0.101. The average molecular weight is 587 g/mol. The van der Waals surface area contributed by atoms with E-state index in [9.17, 15) is 4.79 Å². The Bertz CT molecular complexity index is 720. The fourth-order valence-electron chi connectivity index (χ4n) is 3.49. The molecule has 0 aromatic heterocycles. The molecule has 0 unspecified atom stereocenters. The number of carbonyl (C=O) groups is 1. The van der Waals surface area contributed by atoms with Crippen LogP contribution in [-0.4, -0.2) is 53.6 Å². The molecule has 1 amide bonds. The number of hydrogen-bond acceptors (Lipinski definition) is 5. The first-order valence-corrected chi connectivity index (χ1v) is 21.1. The second-order valence-electron chi connectivity index (χ2n) is 15.1. The average Bonchev–Trinajstić information content (AvgIpc) is 2.74. The maximum atomic E-state index is 12.9. The van der Waals surface area contributed by atoms with Gasteiger partial charge in [0.15, 0.2) is 16.6 Å². The van der Waals surface area contributed by atoms with Crippen molar-refractivity contribution in [3.63, 3.8) is 0 Å². The molecule has 0 fully saturated rings. The summed E-state index contributed by atoms with van der Waals surface area (Å²) in [4.78, 5) is 12.9. The first-order chi connectivity index (χ1) is 17.6. The summed E-state index contributed by atoms with van der Waals surface area (Å²) in [5, 5.41) is 3.24. The Morgan fingerprint density at radius 1 is 0.795 bits per heavy atom. The molecule has 0 saturated heterocycles. The van der Waals surface area contributed by atoms with E-state index < -0.39 is 28.3 Å². The lowest BCUT2D eigenvalue weighted by Crippen LogP contribution is -2.55. The summed E-state index contributed by atoms with van der Waals surface area (Å²) in [6.07, 6.45) is 13.3. The molecule has 2 atom stereocenters. The molecule has 0 rings (SSSR count). The first-order valence-electron chi connectivity index (χ1n) is 15.3. The van der Waals surface area contributed by atoms with Gasteiger partial charge >= 0.3 is 6.09 Å². The monoisotopic (exact) mass is 586 g/mol. The summed E-state index contributed by atoms with van der Waals surface area (Å²) in [5.41, 5.74) is 5.01. The van der Waals surface area contributed by atoms with Crippen LogP contribution in [0.1, 0.15) is 114 Å². The highest BCUT2D eigenvalue weighted by molar-refractivity contribution is 6.74. The molecule has 8 heteroatoms. The molecule has 0 radical (unpaired) electrons. The third-order valence-corrected chi connectivity index (χ3v) is 17.1. The van der Waals surface area contributed by atoms with Crippen LogP contribution in [0.25, 0.3) is 0 Å². The molecule has 0 heterocycles. The van der Waals surface area contributed by atoms with Gasteiger partial charge in [-0.3, -0.25) is 0 Å². The number of nitrogens with two attached hydrogens (primary N) is 1. The third-order valence-electron chi connectivity index (χ3n) is 8.17. The Labute approximate surface area is 244 Å². The number of alkyl carbamates (subject to hydrolysis) is 1. The number of ether oxygens (including phenoxy) is 1. The normalized spacial score (nSPS) is 15.4. The molecule has 0 bridgehead atoms. The van der Waals surface area contributed by atoms with Crippen LogP contribution < -0.4 is 11.1 Å². The van der Waals surface area contributed by atoms with Gasteiger partial charge in [-0.05, 0) is 82.8 Å². The van der Waals surface area contributed by atoms with E-state index in [4.69, 9.17) is 19.3 Å². The number of allylic oxidation sites excluding steroid dienone is 1. The molecule has 0 saturated carbocycles. The zero-order chi connectivity index (χ0) is 30.5. The molecule has 0 aromatic carbocycles. The Hall–Kier alpha value is -0.676. The molecule has 0 aromatic rings. The number of hydrogen-bond donors (Lipinski definition) is 2. The van der Waals surface area contributed by atoms with Gasteiger partial charge in [-0.2, -0.15) is 0 Å². The highest BCUT2D eigenvalue weighted by Gasteiger charge is 2.42. The van der Waals surface area contributed by atoms with Crippen molar-refractivity contribution in [3.8, 4) is 0 Å². The maximum Gasteiger partial charge on any atom is 0.408 e. The van der Waals surface area contributed by atoms with Gasteiger partial charge in [0.25, 0.3) is 0 Å². The smallest absolute Gasteiger partial charge is 0.408 e. The summed E-state index contributed by atoms with van der Waals surface area (Å²) < 4.78 is 19.2. The molecular formula is C31H66N2O4Si2. The molecule has 0 aliphatic carbocycles. The molecule has 0 aliphatic rings. The lowest BCUT2D eigenvalue weighted by molar-refractivity contribution is 0.0420. The molecule has 0 aliphatic heterocycles. The molecular weight excluding hydrogens is 521 g/mol. The minimum atomic E-state index is -2.13. The van der Waals surface area contributed by atoms with E-state index in [1.807, 2.05) is 20.8 Å². The van der Waals surface area contributed by atoms with Gasteiger partial charge in [0.1, 0.15) is 5.60 Å². The van der Waals surface area contributed by atoms with Crippen molar-refractivity contribution in [2.24, 2.45) is 5.73 Å². The standard InChI is InChI=1S/C31H66N2O4Si2/c1-29(2,3)36-28(34)33-26(25-35-38(10,11)30(4,5)6)27(37-39(12,13)31(7,8)9)23-21-19-17-15-14-16-18-20-22-24-32/h21,23,26-27H,14-20,22,24-25,32H2,1-13H3,(H,33,34)/b23-21+/t26-,27+/m0/s1. The van der Waals surface area contributed by atoms with Gasteiger partial charge in [-0.15, -0.1) is 0 Å². The molecule has 39 heavy (non-hydrogen) atoms. The Kier molecular flexibility index (Phi) is 16.4. The summed E-state index contributed by atoms with van der Waals surface area (Å²) in [6.45, 7) is 29.3. The van der Waals surface area contributed by atoms with E-state index in [-0.39, 0.29) is 22.2 Å². The summed E-state index contributed by atoms with van der Waals surface area (Å²) in [7, 11) is -4.17. The second-order valence-corrected chi connectivity index (χ2v) is 24.7. The topological polar surface area (TPSA) is 82.8 Å². The van der Waals surface area contributed by atoms with Crippen LogP contribution in [0.4, 0.5) is 4.79 Å². The second kappa shape index (κ2) is 16.7. The molecule has 232 valence electrons. The minimum absolute atomic E-state index is 0.0414. The molecule has 6 nitrogen and oxygen atoms in total. The summed E-state index contributed by atoms with van der Waals surface area (Å²) in [5.74, 6) is 0. The van der Waals surface area contributed by atoms with Crippen LogP contribution in [-0.2, 0) is 13.6 Å². The number of carbonyl (C=O) groups excluding carboxylic acids is 1. The van der Waals surface area contributed by atoms with E-state index in [2.05, 4.69) is 85.2 Å². The van der Waals surface area contributed by atoms with Crippen molar-refractivity contribution in [2.45, 2.75) is 168 Å². The van der Waals surface area contributed by atoms with Gasteiger partial charge in [0, 0.05) is 0 Å². The molecule has 3 N–H and O–H groups in total. The molecule has 0 spiro atoms. The number of nitrogens with one attached hydrogen (secondary N) is 1. The predicted octanol–water partition coefficient (Wildman–Crippen LogP) is 8.93. The van der Waals surface area contributed by atoms with Crippen LogP contribution >= 0.6 is 0 Å². The Morgan fingerprint density at radius 3 is 1.74 bits per heavy atom. The minimum Gasteiger partial charge on any atom is -0.444 e. The van der Waals surface area contributed by atoms with E-state index in [1.165, 1.54) is 32.1 Å². The van der Waals surface area contributed by atoms with Crippen LogP contribution in [0, 0.1) is 0 Å². The highest BCUT2D eigenvalue weighted by Crippen LogP contribution is 2.39.